The first-order valence-electron chi connectivity index (χ1n) is 9.37. The largest absolute Gasteiger partial charge is 0.479 e. The number of carboxylic acid groups (broad SMARTS) is 1. The number of aliphatic carboxylic acids is 1. The van der Waals surface area contributed by atoms with E-state index in [1.807, 2.05) is 0 Å². The first-order valence-corrected chi connectivity index (χ1v) is 10.2. The molecule has 0 bridgehead atoms. The van der Waals surface area contributed by atoms with Gasteiger partial charge in [-0.15, -0.1) is 0 Å². The molecule has 31 heavy (non-hydrogen) atoms. The van der Waals surface area contributed by atoms with Gasteiger partial charge in [-0.25, -0.2) is 14.6 Å². The number of amides is 1. The third-order valence-electron chi connectivity index (χ3n) is 4.28. The number of para-hydroxylation sites is 1. The number of aliphatic imine (C=N–C) groups is 1. The quantitative estimate of drug-likeness (QED) is 0.499. The van der Waals surface area contributed by atoms with Crippen LogP contribution in [0.5, 0.6) is 5.75 Å². The molecule has 1 fully saturated rings. The normalized spacial score (nSPS) is 16.8. The minimum atomic E-state index is -1.02. The molecule has 0 aromatic heterocycles. The molecule has 1 amide bonds. The first kappa shape index (κ1) is 22.1. The fourth-order valence-corrected chi connectivity index (χ4v) is 3.55. The topological polar surface area (TPSA) is 114 Å². The van der Waals surface area contributed by atoms with Crippen LogP contribution in [0.4, 0.5) is 5.69 Å². The molecule has 0 aliphatic carbocycles. The Bertz CT molecular complexity index is 1060. The van der Waals surface area contributed by atoms with E-state index in [1.54, 1.807) is 61.5 Å². The summed E-state index contributed by atoms with van der Waals surface area (Å²) in [4.78, 5) is 40.1. The van der Waals surface area contributed by atoms with Gasteiger partial charge in [0.05, 0.1) is 23.3 Å². The molecule has 9 heteroatoms. The predicted molar refractivity (Wildman–Crippen MR) is 117 cm³/mol. The number of hydrogen-bond acceptors (Lipinski definition) is 7. The van der Waals surface area contributed by atoms with Crippen molar-refractivity contribution in [1.82, 2.24) is 5.32 Å². The summed E-state index contributed by atoms with van der Waals surface area (Å²) >= 11 is 1.15. The lowest BCUT2D eigenvalue weighted by Crippen LogP contribution is -2.25. The Labute approximate surface area is 183 Å². The molecule has 1 atom stereocenters. The van der Waals surface area contributed by atoms with Crippen molar-refractivity contribution < 1.29 is 29.0 Å². The van der Waals surface area contributed by atoms with E-state index in [-0.39, 0.29) is 5.91 Å². The molecule has 1 aliphatic heterocycles. The third kappa shape index (κ3) is 5.52. The first-order chi connectivity index (χ1) is 14.9. The second-order valence-corrected chi connectivity index (χ2v) is 7.44. The molecule has 1 unspecified atom stereocenters. The minimum Gasteiger partial charge on any atom is -0.479 e. The summed E-state index contributed by atoms with van der Waals surface area (Å²) in [6.45, 7) is 1.73. The van der Waals surface area contributed by atoms with Gasteiger partial charge in [0.1, 0.15) is 5.75 Å². The van der Waals surface area contributed by atoms with Crippen molar-refractivity contribution in [2.75, 3.05) is 7.11 Å². The fourth-order valence-electron chi connectivity index (χ4n) is 2.71. The van der Waals surface area contributed by atoms with E-state index in [0.29, 0.717) is 33.5 Å². The van der Waals surface area contributed by atoms with E-state index in [9.17, 15) is 14.4 Å². The lowest BCUT2D eigenvalue weighted by molar-refractivity contribution is -0.145. The number of esters is 1. The van der Waals surface area contributed by atoms with Crippen LogP contribution in [0.1, 0.15) is 29.3 Å². The van der Waals surface area contributed by atoms with Crippen LogP contribution in [-0.4, -0.2) is 41.3 Å². The van der Waals surface area contributed by atoms with Crippen molar-refractivity contribution in [1.29, 1.82) is 0 Å². The van der Waals surface area contributed by atoms with Crippen molar-refractivity contribution in [3.8, 4) is 5.75 Å². The van der Waals surface area contributed by atoms with Crippen molar-refractivity contribution in [3.63, 3.8) is 0 Å². The Kier molecular flexibility index (Phi) is 7.09. The van der Waals surface area contributed by atoms with E-state index < -0.39 is 18.0 Å². The summed E-state index contributed by atoms with van der Waals surface area (Å²) in [5.74, 6) is -1.41. The molecule has 1 saturated heterocycles. The molecule has 2 aromatic rings. The highest BCUT2D eigenvalue weighted by atomic mass is 32.2. The highest BCUT2D eigenvalue weighted by Gasteiger charge is 2.24. The third-order valence-corrected chi connectivity index (χ3v) is 5.19. The van der Waals surface area contributed by atoms with E-state index in [1.165, 1.54) is 7.11 Å². The van der Waals surface area contributed by atoms with Crippen molar-refractivity contribution in [3.05, 3.63) is 64.6 Å². The number of carbonyl (C=O) groups excluding carboxylic acids is 2. The number of thioether (sulfide) groups is 1. The molecular weight excluding hydrogens is 420 g/mol. The summed E-state index contributed by atoms with van der Waals surface area (Å²) in [6.07, 6.45) is 1.12. The smallest absolute Gasteiger partial charge is 0.344 e. The number of rotatable bonds is 7. The summed E-state index contributed by atoms with van der Waals surface area (Å²) < 4.78 is 10.2. The number of carbonyl (C=O) groups is 3. The van der Waals surface area contributed by atoms with E-state index >= 15 is 0 Å². The van der Waals surface area contributed by atoms with Crippen molar-refractivity contribution in [2.24, 2.45) is 4.99 Å². The molecule has 2 N–H and O–H groups in total. The van der Waals surface area contributed by atoms with Gasteiger partial charge in [0.25, 0.3) is 5.91 Å². The van der Waals surface area contributed by atoms with Gasteiger partial charge in [-0.05, 0) is 54.1 Å². The highest BCUT2D eigenvalue weighted by molar-refractivity contribution is 8.18. The molecule has 0 saturated carbocycles. The number of ether oxygens (including phenoxy) is 2. The fraction of sp³-hybridized carbons (Fsp3) is 0.182. The van der Waals surface area contributed by atoms with E-state index in [0.717, 1.165) is 17.3 Å². The number of benzene rings is 2. The van der Waals surface area contributed by atoms with Crippen LogP contribution in [0.25, 0.3) is 6.08 Å². The summed E-state index contributed by atoms with van der Waals surface area (Å²) in [7, 11) is 1.29. The van der Waals surface area contributed by atoms with Gasteiger partial charge in [-0.3, -0.25) is 4.79 Å². The second kappa shape index (κ2) is 9.94. The number of methoxy groups -OCH3 is 1. The van der Waals surface area contributed by atoms with E-state index in [4.69, 9.17) is 14.6 Å². The Morgan fingerprint density at radius 1 is 1.19 bits per heavy atom. The molecule has 1 heterocycles. The second-order valence-electron chi connectivity index (χ2n) is 6.41. The Hall–Kier alpha value is -3.59. The summed E-state index contributed by atoms with van der Waals surface area (Å²) in [5.41, 5.74) is 1.43. The van der Waals surface area contributed by atoms with Crippen LogP contribution in [0.15, 0.2) is 58.4 Å². The number of nitrogens with zero attached hydrogens (tertiary/aromatic N) is 1. The molecule has 3 rings (SSSR count). The highest BCUT2D eigenvalue weighted by Crippen LogP contribution is 2.30. The van der Waals surface area contributed by atoms with Crippen LogP contribution >= 0.6 is 11.8 Å². The molecule has 1 aliphatic rings. The monoisotopic (exact) mass is 440 g/mol. The Morgan fingerprint density at radius 3 is 2.55 bits per heavy atom. The molecule has 2 aromatic carbocycles. The molecule has 160 valence electrons. The Morgan fingerprint density at radius 2 is 1.90 bits per heavy atom. The lowest BCUT2D eigenvalue weighted by atomic mass is 10.2. The number of hydrogen-bond donors (Lipinski definition) is 2. The zero-order valence-corrected chi connectivity index (χ0v) is 17.6. The summed E-state index contributed by atoms with van der Waals surface area (Å²) in [6, 6.07) is 13.5. The predicted octanol–water partition coefficient (Wildman–Crippen LogP) is 3.61. The molecule has 8 nitrogen and oxygen atoms in total. The van der Waals surface area contributed by atoms with Gasteiger partial charge in [0.15, 0.2) is 11.3 Å². The zero-order chi connectivity index (χ0) is 22.4. The lowest BCUT2D eigenvalue weighted by Gasteiger charge is -2.13. The van der Waals surface area contributed by atoms with E-state index in [2.05, 4.69) is 10.3 Å². The van der Waals surface area contributed by atoms with Gasteiger partial charge in [-0.1, -0.05) is 31.2 Å². The maximum atomic E-state index is 12.3. The van der Waals surface area contributed by atoms with Gasteiger partial charge >= 0.3 is 11.9 Å². The summed E-state index contributed by atoms with van der Waals surface area (Å²) in [5, 5.41) is 12.1. The van der Waals surface area contributed by atoms with Crippen LogP contribution in [-0.2, 0) is 14.3 Å². The van der Waals surface area contributed by atoms with Crippen molar-refractivity contribution in [2.45, 2.75) is 19.4 Å². The standard InChI is InChI=1S/C22H20N2O6S/c1-3-17(20(26)27)30-14-10-8-13(9-11-14)12-18-19(25)24-22(31-18)23-16-7-5-4-6-15(16)21(28)29-2/h4-12,17H,3H2,1-2H3,(H,26,27)(H,23,24,25)/b18-12+. The van der Waals surface area contributed by atoms with Gasteiger partial charge in [-0.2, -0.15) is 0 Å². The van der Waals surface area contributed by atoms with Crippen molar-refractivity contribution >= 4 is 46.5 Å². The zero-order valence-electron chi connectivity index (χ0n) is 16.8. The number of carboxylic acids is 1. The average Bonchev–Trinajstić information content (AvgIpc) is 3.11. The van der Waals surface area contributed by atoms with Gasteiger partial charge in [0.2, 0.25) is 0 Å². The Balaban J connectivity index is 1.76. The number of nitrogens with one attached hydrogen (secondary N) is 1. The van der Waals surface area contributed by atoms with Gasteiger partial charge in [0, 0.05) is 0 Å². The van der Waals surface area contributed by atoms with Crippen LogP contribution in [0.3, 0.4) is 0 Å². The van der Waals surface area contributed by atoms with Crippen LogP contribution in [0, 0.1) is 0 Å². The van der Waals surface area contributed by atoms with Crippen LogP contribution in [0.2, 0.25) is 0 Å². The molecule has 0 radical (unpaired) electrons. The number of amidine groups is 1. The minimum absolute atomic E-state index is 0.298. The van der Waals surface area contributed by atoms with Crippen LogP contribution < -0.4 is 10.1 Å². The maximum absolute atomic E-state index is 12.3. The van der Waals surface area contributed by atoms with Gasteiger partial charge < -0.3 is 19.9 Å². The maximum Gasteiger partial charge on any atom is 0.344 e. The molecular formula is C22H20N2O6S. The SMILES string of the molecule is CCC(Oc1ccc(/C=C2/SC(=Nc3ccccc3C(=O)OC)NC2=O)cc1)C(=O)O. The average molecular weight is 440 g/mol. The molecule has 0 spiro atoms.